The molecule has 27 heavy (non-hydrogen) atoms. The van der Waals surface area contributed by atoms with E-state index in [9.17, 15) is 14.0 Å². The Morgan fingerprint density at radius 3 is 2.70 bits per heavy atom. The topological polar surface area (TPSA) is 77.5 Å². The van der Waals surface area contributed by atoms with E-state index in [-0.39, 0.29) is 11.4 Å². The highest BCUT2D eigenvalue weighted by Gasteiger charge is 2.13. The molecule has 0 bridgehead atoms. The second-order valence-electron chi connectivity index (χ2n) is 5.40. The number of aromatic nitrogens is 1. The van der Waals surface area contributed by atoms with Gasteiger partial charge in [-0.15, -0.1) is 11.3 Å². The zero-order chi connectivity index (χ0) is 19.2. The Balaban J connectivity index is 1.55. The van der Waals surface area contributed by atoms with Crippen LogP contribution in [-0.2, 0) is 9.53 Å². The van der Waals surface area contributed by atoms with Gasteiger partial charge in [0, 0.05) is 10.9 Å². The maximum atomic E-state index is 13.0. The van der Waals surface area contributed by atoms with Crippen molar-refractivity contribution in [2.24, 2.45) is 0 Å². The lowest BCUT2D eigenvalue weighted by atomic mass is 10.2. The van der Waals surface area contributed by atoms with Crippen LogP contribution in [0.2, 0.25) is 0 Å². The Bertz CT molecular complexity index is 956. The fourth-order valence-corrected chi connectivity index (χ4v) is 2.94. The van der Waals surface area contributed by atoms with Gasteiger partial charge in [0.25, 0.3) is 5.91 Å². The van der Waals surface area contributed by atoms with Gasteiger partial charge in [-0.3, -0.25) is 10.1 Å². The second-order valence-corrected chi connectivity index (χ2v) is 6.26. The molecule has 0 fully saturated rings. The van der Waals surface area contributed by atoms with Crippen LogP contribution in [0.5, 0.6) is 5.75 Å². The summed E-state index contributed by atoms with van der Waals surface area (Å²) in [6.07, 6.45) is 0. The van der Waals surface area contributed by atoms with E-state index in [1.165, 1.54) is 36.6 Å². The minimum absolute atomic E-state index is 0.287. The molecule has 3 rings (SSSR count). The van der Waals surface area contributed by atoms with Gasteiger partial charge in [0.05, 0.1) is 18.4 Å². The van der Waals surface area contributed by atoms with E-state index >= 15 is 0 Å². The maximum Gasteiger partial charge on any atom is 0.338 e. The molecule has 0 spiro atoms. The van der Waals surface area contributed by atoms with Crippen molar-refractivity contribution < 1.29 is 23.5 Å². The Hall–Kier alpha value is -3.26. The average molecular weight is 386 g/mol. The number of esters is 1. The highest BCUT2D eigenvalue weighted by Crippen LogP contribution is 2.25. The first-order valence-corrected chi connectivity index (χ1v) is 8.75. The van der Waals surface area contributed by atoms with Gasteiger partial charge in [-0.2, -0.15) is 0 Å². The number of nitrogens with zero attached hydrogens (tertiary/aromatic N) is 1. The number of ether oxygens (including phenoxy) is 2. The summed E-state index contributed by atoms with van der Waals surface area (Å²) in [7, 11) is 1.49. The van der Waals surface area contributed by atoms with Gasteiger partial charge in [0.15, 0.2) is 11.7 Å². The number of nitrogens with one attached hydrogen (secondary N) is 1. The lowest BCUT2D eigenvalue weighted by Gasteiger charge is -2.06. The normalized spacial score (nSPS) is 10.3. The molecule has 0 aliphatic rings. The minimum atomic E-state index is -0.629. The molecule has 8 heteroatoms. The minimum Gasteiger partial charge on any atom is -0.497 e. The Morgan fingerprint density at radius 1 is 1.19 bits per heavy atom. The molecule has 1 aromatic heterocycles. The van der Waals surface area contributed by atoms with E-state index < -0.39 is 18.5 Å². The summed E-state index contributed by atoms with van der Waals surface area (Å²) in [5.74, 6) is -0.952. The van der Waals surface area contributed by atoms with Crippen LogP contribution in [0, 0.1) is 5.82 Å². The van der Waals surface area contributed by atoms with Gasteiger partial charge in [-0.25, -0.2) is 14.2 Å². The first kappa shape index (κ1) is 18.5. The summed E-state index contributed by atoms with van der Waals surface area (Å²) in [6, 6.07) is 12.3. The van der Waals surface area contributed by atoms with Crippen LogP contribution in [-0.4, -0.2) is 30.6 Å². The van der Waals surface area contributed by atoms with Gasteiger partial charge >= 0.3 is 5.97 Å². The molecule has 138 valence electrons. The molecule has 0 unspecified atom stereocenters. The summed E-state index contributed by atoms with van der Waals surface area (Å²) >= 11 is 1.22. The first-order chi connectivity index (χ1) is 13.0. The second kappa shape index (κ2) is 8.41. The summed E-state index contributed by atoms with van der Waals surface area (Å²) in [5, 5.41) is 4.66. The molecule has 0 saturated carbocycles. The van der Waals surface area contributed by atoms with Crippen LogP contribution in [0.1, 0.15) is 10.4 Å². The Morgan fingerprint density at radius 2 is 1.96 bits per heavy atom. The van der Waals surface area contributed by atoms with Crippen molar-refractivity contribution in [1.29, 1.82) is 0 Å². The molecule has 2 aromatic carbocycles. The van der Waals surface area contributed by atoms with E-state index in [0.29, 0.717) is 16.6 Å². The van der Waals surface area contributed by atoms with Crippen molar-refractivity contribution in [3.8, 4) is 17.0 Å². The number of amides is 1. The van der Waals surface area contributed by atoms with Gasteiger partial charge < -0.3 is 9.47 Å². The zero-order valence-electron chi connectivity index (χ0n) is 14.3. The highest BCUT2D eigenvalue weighted by atomic mass is 32.1. The number of hydrogen-bond acceptors (Lipinski definition) is 6. The maximum absolute atomic E-state index is 13.0. The lowest BCUT2D eigenvalue weighted by molar-refractivity contribution is -0.119. The molecule has 1 heterocycles. The summed E-state index contributed by atoms with van der Waals surface area (Å²) in [4.78, 5) is 28.2. The van der Waals surface area contributed by atoms with Crippen LogP contribution in [0.15, 0.2) is 53.9 Å². The molecule has 0 saturated heterocycles. The van der Waals surface area contributed by atoms with Crippen LogP contribution in [0.3, 0.4) is 0 Å². The van der Waals surface area contributed by atoms with E-state index in [1.54, 1.807) is 35.7 Å². The van der Waals surface area contributed by atoms with E-state index in [4.69, 9.17) is 9.47 Å². The number of methoxy groups -OCH3 is 1. The van der Waals surface area contributed by atoms with Crippen LogP contribution < -0.4 is 10.1 Å². The molecule has 3 aromatic rings. The summed E-state index contributed by atoms with van der Waals surface area (Å²) < 4.78 is 23.0. The number of anilines is 1. The predicted molar refractivity (Wildman–Crippen MR) is 99.4 cm³/mol. The SMILES string of the molecule is COc1cccc(C(=O)OCC(=O)Nc2nc(-c3ccc(F)cc3)cs2)c1. The van der Waals surface area contributed by atoms with Crippen LogP contribution in [0.4, 0.5) is 9.52 Å². The standard InChI is InChI=1S/C19H15FN2O4S/c1-25-15-4-2-3-13(9-15)18(24)26-10-17(23)22-19-21-16(11-27-19)12-5-7-14(20)8-6-12/h2-9,11H,10H2,1H3,(H,21,22,23). The van der Waals surface area contributed by atoms with Crippen molar-refractivity contribution in [2.45, 2.75) is 0 Å². The monoisotopic (exact) mass is 386 g/mol. The fraction of sp³-hybridized carbons (Fsp3) is 0.105. The first-order valence-electron chi connectivity index (χ1n) is 7.87. The van der Waals surface area contributed by atoms with Gasteiger partial charge in [0.2, 0.25) is 0 Å². The molecular weight excluding hydrogens is 371 g/mol. The number of thiazole rings is 1. The molecule has 1 amide bonds. The Kier molecular flexibility index (Phi) is 5.77. The summed E-state index contributed by atoms with van der Waals surface area (Å²) in [5.41, 5.74) is 1.64. The highest BCUT2D eigenvalue weighted by molar-refractivity contribution is 7.14. The molecule has 0 atom stereocenters. The fourth-order valence-electron chi connectivity index (χ4n) is 2.20. The number of rotatable bonds is 6. The zero-order valence-corrected chi connectivity index (χ0v) is 15.1. The molecule has 0 aliphatic heterocycles. The van der Waals surface area contributed by atoms with Crippen molar-refractivity contribution >= 4 is 28.3 Å². The average Bonchev–Trinajstić information content (AvgIpc) is 3.15. The summed E-state index contributed by atoms with van der Waals surface area (Å²) in [6.45, 7) is -0.443. The molecule has 0 radical (unpaired) electrons. The number of carbonyl (C=O) groups is 2. The number of hydrogen-bond donors (Lipinski definition) is 1. The van der Waals surface area contributed by atoms with Gasteiger partial charge in [0.1, 0.15) is 11.6 Å². The van der Waals surface area contributed by atoms with Crippen molar-refractivity contribution in [1.82, 2.24) is 4.98 Å². The van der Waals surface area contributed by atoms with Crippen molar-refractivity contribution in [2.75, 3.05) is 19.0 Å². The van der Waals surface area contributed by atoms with Crippen LogP contribution in [0.25, 0.3) is 11.3 Å². The molecule has 6 nitrogen and oxygen atoms in total. The van der Waals surface area contributed by atoms with E-state index in [2.05, 4.69) is 10.3 Å². The lowest BCUT2D eigenvalue weighted by Crippen LogP contribution is -2.20. The van der Waals surface area contributed by atoms with Gasteiger partial charge in [-0.05, 0) is 42.5 Å². The predicted octanol–water partition coefficient (Wildman–Crippen LogP) is 3.75. The number of halogens is 1. The van der Waals surface area contributed by atoms with E-state index in [0.717, 1.165) is 5.56 Å². The van der Waals surface area contributed by atoms with Crippen LogP contribution >= 0.6 is 11.3 Å². The quantitative estimate of drug-likeness (QED) is 0.653. The third-order valence-electron chi connectivity index (χ3n) is 3.53. The number of carbonyl (C=O) groups excluding carboxylic acids is 2. The molecule has 1 N–H and O–H groups in total. The number of benzene rings is 2. The molecule has 0 aliphatic carbocycles. The van der Waals surface area contributed by atoms with Gasteiger partial charge in [-0.1, -0.05) is 6.07 Å². The van der Waals surface area contributed by atoms with E-state index in [1.807, 2.05) is 0 Å². The van der Waals surface area contributed by atoms with Crippen molar-refractivity contribution in [3.05, 3.63) is 65.3 Å². The third-order valence-corrected chi connectivity index (χ3v) is 4.29. The van der Waals surface area contributed by atoms with Crippen molar-refractivity contribution in [3.63, 3.8) is 0 Å². The Labute approximate surface area is 158 Å². The smallest absolute Gasteiger partial charge is 0.338 e. The molecular formula is C19H15FN2O4S. The largest absolute Gasteiger partial charge is 0.497 e. The third kappa shape index (κ3) is 4.89.